The molecule has 0 saturated heterocycles. The van der Waals surface area contributed by atoms with E-state index in [9.17, 15) is 0 Å². The number of terminal acetylenes is 1. The zero-order valence-electron chi connectivity index (χ0n) is 7.87. The lowest BCUT2D eigenvalue weighted by atomic mass is 10.1. The van der Waals surface area contributed by atoms with E-state index in [1.165, 1.54) is 4.90 Å². The molecule has 0 radical (unpaired) electrons. The van der Waals surface area contributed by atoms with Gasteiger partial charge in [-0.05, 0) is 37.9 Å². The van der Waals surface area contributed by atoms with Crippen molar-refractivity contribution in [2.45, 2.75) is 24.3 Å². The summed E-state index contributed by atoms with van der Waals surface area (Å²) in [6, 6.07) is 10.1. The summed E-state index contributed by atoms with van der Waals surface area (Å²) < 4.78 is 3.21. The maximum Gasteiger partial charge on any atom is 0.0835 e. The highest BCUT2D eigenvalue weighted by Crippen LogP contribution is 2.16. The van der Waals surface area contributed by atoms with Crippen LogP contribution in [-0.2, 0) is 0 Å². The predicted molar refractivity (Wildman–Crippen MR) is 58.3 cm³/mol. The molecule has 0 fully saturated rings. The van der Waals surface area contributed by atoms with Crippen LogP contribution in [0.1, 0.15) is 13.8 Å². The van der Waals surface area contributed by atoms with E-state index in [1.807, 2.05) is 44.2 Å². The molecule has 0 aliphatic carbocycles. The molecule has 0 aromatic heterocycles. The van der Waals surface area contributed by atoms with E-state index in [4.69, 9.17) is 6.42 Å². The summed E-state index contributed by atoms with van der Waals surface area (Å²) in [4.78, 5) is 1.17. The third-order valence-electron chi connectivity index (χ3n) is 1.53. The second kappa shape index (κ2) is 4.36. The van der Waals surface area contributed by atoms with Crippen LogP contribution < -0.4 is 4.72 Å². The van der Waals surface area contributed by atoms with Gasteiger partial charge >= 0.3 is 0 Å². The summed E-state index contributed by atoms with van der Waals surface area (Å²) in [7, 11) is 0. The Morgan fingerprint density at radius 2 is 1.92 bits per heavy atom. The van der Waals surface area contributed by atoms with E-state index >= 15 is 0 Å². The van der Waals surface area contributed by atoms with Crippen LogP contribution in [0, 0.1) is 12.3 Å². The van der Waals surface area contributed by atoms with Crippen molar-refractivity contribution in [2.24, 2.45) is 0 Å². The maximum atomic E-state index is 5.34. The van der Waals surface area contributed by atoms with Gasteiger partial charge in [0.15, 0.2) is 0 Å². The smallest absolute Gasteiger partial charge is 0.0835 e. The molecule has 0 saturated carbocycles. The van der Waals surface area contributed by atoms with Crippen molar-refractivity contribution in [3.05, 3.63) is 30.3 Å². The normalized spacial score (nSPS) is 10.8. The van der Waals surface area contributed by atoms with Crippen LogP contribution in [0.4, 0.5) is 0 Å². The van der Waals surface area contributed by atoms with Crippen LogP contribution in [0.3, 0.4) is 0 Å². The Balaban J connectivity index is 2.50. The molecular formula is C11H13NS. The summed E-state index contributed by atoms with van der Waals surface area (Å²) in [5.41, 5.74) is -0.263. The van der Waals surface area contributed by atoms with Crippen molar-refractivity contribution in [3.8, 4) is 12.3 Å². The first-order valence-electron chi connectivity index (χ1n) is 4.11. The molecule has 68 valence electrons. The van der Waals surface area contributed by atoms with Gasteiger partial charge < -0.3 is 0 Å². The number of nitrogens with one attached hydrogen (secondary N) is 1. The van der Waals surface area contributed by atoms with Crippen molar-refractivity contribution in [1.29, 1.82) is 0 Å². The predicted octanol–water partition coefficient (Wildman–Crippen LogP) is 2.70. The van der Waals surface area contributed by atoms with Crippen LogP contribution in [0.15, 0.2) is 35.2 Å². The molecular weight excluding hydrogens is 178 g/mol. The van der Waals surface area contributed by atoms with Crippen LogP contribution in [0.5, 0.6) is 0 Å². The Kier molecular flexibility index (Phi) is 3.41. The third kappa shape index (κ3) is 3.54. The topological polar surface area (TPSA) is 12.0 Å². The standard InChI is InChI=1S/C11H13NS/c1-4-11(2,3)12-13-10-8-6-5-7-9-10/h1,5-9,12H,2-3H3. The summed E-state index contributed by atoms with van der Waals surface area (Å²) in [6.07, 6.45) is 5.34. The molecule has 1 aromatic carbocycles. The summed E-state index contributed by atoms with van der Waals surface area (Å²) in [5, 5.41) is 0. The van der Waals surface area contributed by atoms with Gasteiger partial charge in [-0.25, -0.2) is 4.72 Å². The zero-order chi connectivity index (χ0) is 9.73. The molecule has 0 spiro atoms. The van der Waals surface area contributed by atoms with E-state index in [2.05, 4.69) is 10.6 Å². The molecule has 0 heterocycles. The van der Waals surface area contributed by atoms with Crippen molar-refractivity contribution < 1.29 is 0 Å². The summed E-state index contributed by atoms with van der Waals surface area (Å²) in [6.45, 7) is 3.95. The molecule has 1 nitrogen and oxygen atoms in total. The minimum atomic E-state index is -0.263. The molecule has 1 N–H and O–H groups in total. The fourth-order valence-corrected chi connectivity index (χ4v) is 1.43. The molecule has 1 aromatic rings. The second-order valence-electron chi connectivity index (χ2n) is 3.29. The van der Waals surface area contributed by atoms with Crippen LogP contribution in [0.2, 0.25) is 0 Å². The average molecular weight is 191 g/mol. The van der Waals surface area contributed by atoms with E-state index in [1.54, 1.807) is 11.9 Å². The number of hydrogen-bond acceptors (Lipinski definition) is 2. The monoisotopic (exact) mass is 191 g/mol. The molecule has 2 heteroatoms. The number of hydrogen-bond donors (Lipinski definition) is 1. The first kappa shape index (κ1) is 10.2. The van der Waals surface area contributed by atoms with E-state index in [0.29, 0.717) is 0 Å². The van der Waals surface area contributed by atoms with Crippen molar-refractivity contribution in [3.63, 3.8) is 0 Å². The zero-order valence-corrected chi connectivity index (χ0v) is 8.69. The van der Waals surface area contributed by atoms with Crippen LogP contribution in [-0.4, -0.2) is 5.54 Å². The average Bonchev–Trinajstić information content (AvgIpc) is 2.17. The lowest BCUT2D eigenvalue weighted by Gasteiger charge is -2.18. The Labute approximate surface area is 84.1 Å². The molecule has 1 rings (SSSR count). The van der Waals surface area contributed by atoms with E-state index < -0.39 is 0 Å². The molecule has 0 aliphatic rings. The maximum absolute atomic E-state index is 5.34. The van der Waals surface area contributed by atoms with Gasteiger partial charge in [0.2, 0.25) is 0 Å². The number of rotatable bonds is 3. The SMILES string of the molecule is C#CC(C)(C)NSc1ccccc1. The molecule has 0 bridgehead atoms. The van der Waals surface area contributed by atoms with Gasteiger partial charge in [0.05, 0.1) is 5.54 Å². The molecule has 0 atom stereocenters. The summed E-state index contributed by atoms with van der Waals surface area (Å²) in [5.74, 6) is 2.68. The highest BCUT2D eigenvalue weighted by Gasteiger charge is 2.12. The Hall–Kier alpha value is -0.910. The lowest BCUT2D eigenvalue weighted by Crippen LogP contribution is -2.31. The van der Waals surface area contributed by atoms with Gasteiger partial charge in [-0.2, -0.15) is 0 Å². The van der Waals surface area contributed by atoms with E-state index in [0.717, 1.165) is 0 Å². The highest BCUT2D eigenvalue weighted by atomic mass is 32.2. The first-order chi connectivity index (χ1) is 6.14. The van der Waals surface area contributed by atoms with Crippen molar-refractivity contribution in [1.82, 2.24) is 4.72 Å². The Bertz CT molecular complexity index is 298. The van der Waals surface area contributed by atoms with Gasteiger partial charge in [-0.3, -0.25) is 0 Å². The quantitative estimate of drug-likeness (QED) is 0.582. The van der Waals surface area contributed by atoms with Crippen LogP contribution in [0.25, 0.3) is 0 Å². The second-order valence-corrected chi connectivity index (χ2v) is 4.17. The molecule has 0 aliphatic heterocycles. The minimum absolute atomic E-state index is 0.263. The van der Waals surface area contributed by atoms with Gasteiger partial charge in [-0.1, -0.05) is 24.1 Å². The van der Waals surface area contributed by atoms with Crippen molar-refractivity contribution >= 4 is 11.9 Å². The van der Waals surface area contributed by atoms with Crippen molar-refractivity contribution in [2.75, 3.05) is 0 Å². The third-order valence-corrected chi connectivity index (χ3v) is 2.65. The van der Waals surface area contributed by atoms with Crippen LogP contribution >= 0.6 is 11.9 Å². The molecule has 13 heavy (non-hydrogen) atoms. The Morgan fingerprint density at radius 3 is 2.46 bits per heavy atom. The van der Waals surface area contributed by atoms with Gasteiger partial charge in [0.1, 0.15) is 0 Å². The largest absolute Gasteiger partial charge is 0.243 e. The highest BCUT2D eigenvalue weighted by molar-refractivity contribution is 7.97. The fourth-order valence-electron chi connectivity index (χ4n) is 0.705. The fraction of sp³-hybridized carbons (Fsp3) is 0.273. The molecule has 0 unspecified atom stereocenters. The van der Waals surface area contributed by atoms with Gasteiger partial charge in [0, 0.05) is 4.90 Å². The Morgan fingerprint density at radius 1 is 1.31 bits per heavy atom. The van der Waals surface area contributed by atoms with Gasteiger partial charge in [-0.15, -0.1) is 6.42 Å². The lowest BCUT2D eigenvalue weighted by molar-refractivity contribution is 0.629. The summed E-state index contributed by atoms with van der Waals surface area (Å²) >= 11 is 1.56. The minimum Gasteiger partial charge on any atom is -0.243 e. The first-order valence-corrected chi connectivity index (χ1v) is 4.92. The molecule has 0 amide bonds. The van der Waals surface area contributed by atoms with Gasteiger partial charge in [0.25, 0.3) is 0 Å². The number of benzene rings is 1. The van der Waals surface area contributed by atoms with E-state index in [-0.39, 0.29) is 5.54 Å².